The largest absolute Gasteiger partial charge is 0.338 e. The van der Waals surface area contributed by atoms with E-state index in [4.69, 9.17) is 5.73 Å². The monoisotopic (exact) mass is 280 g/mol. The second-order valence-corrected chi connectivity index (χ2v) is 5.54. The second kappa shape index (κ2) is 8.69. The van der Waals surface area contributed by atoms with Gasteiger partial charge in [0, 0.05) is 19.5 Å². The molecule has 1 rings (SSSR count). The molecule has 1 aromatic rings. The molecule has 0 radical (unpaired) electrons. The molecule has 20 heavy (non-hydrogen) atoms. The number of unbranched alkanes of at least 4 members (excludes halogenated alkanes) is 1. The van der Waals surface area contributed by atoms with Crippen LogP contribution in [0, 0.1) is 11.7 Å². The number of halogens is 1. The fourth-order valence-electron chi connectivity index (χ4n) is 2.03. The SMILES string of the molecule is CC(C)CC(=O)N(CCCCN)Cc1ccc(F)cc1. The average Bonchev–Trinajstić information content (AvgIpc) is 2.39. The minimum atomic E-state index is -0.253. The number of hydrogen-bond acceptors (Lipinski definition) is 2. The van der Waals surface area contributed by atoms with E-state index in [1.165, 1.54) is 12.1 Å². The summed E-state index contributed by atoms with van der Waals surface area (Å²) in [6.45, 7) is 5.96. The van der Waals surface area contributed by atoms with Crippen molar-refractivity contribution in [3.05, 3.63) is 35.6 Å². The van der Waals surface area contributed by atoms with E-state index in [1.807, 2.05) is 18.7 Å². The Labute approximate surface area is 121 Å². The predicted molar refractivity (Wildman–Crippen MR) is 79.6 cm³/mol. The first-order valence-electron chi connectivity index (χ1n) is 7.25. The standard InChI is InChI=1S/C16H25FN2O/c1-13(2)11-16(20)19(10-4-3-9-18)12-14-5-7-15(17)8-6-14/h5-8,13H,3-4,9-12,18H2,1-2H3. The molecule has 0 heterocycles. The number of hydrogen-bond donors (Lipinski definition) is 1. The lowest BCUT2D eigenvalue weighted by atomic mass is 10.1. The summed E-state index contributed by atoms with van der Waals surface area (Å²) < 4.78 is 12.9. The molecule has 0 saturated carbocycles. The molecule has 0 spiro atoms. The Morgan fingerprint density at radius 3 is 2.45 bits per heavy atom. The zero-order valence-electron chi connectivity index (χ0n) is 12.4. The topological polar surface area (TPSA) is 46.3 Å². The number of carbonyl (C=O) groups excluding carboxylic acids is 1. The maximum atomic E-state index is 12.9. The molecule has 0 bridgehead atoms. The Morgan fingerprint density at radius 1 is 1.25 bits per heavy atom. The lowest BCUT2D eigenvalue weighted by molar-refractivity contribution is -0.132. The predicted octanol–water partition coefficient (Wildman–Crippen LogP) is 2.94. The van der Waals surface area contributed by atoms with Crippen LogP contribution in [0.15, 0.2) is 24.3 Å². The third kappa shape index (κ3) is 6.15. The van der Waals surface area contributed by atoms with Crippen LogP contribution in [0.1, 0.15) is 38.7 Å². The maximum Gasteiger partial charge on any atom is 0.223 e. The molecular formula is C16H25FN2O. The number of amides is 1. The number of carbonyl (C=O) groups is 1. The van der Waals surface area contributed by atoms with Crippen LogP contribution in [0.25, 0.3) is 0 Å². The average molecular weight is 280 g/mol. The summed E-state index contributed by atoms with van der Waals surface area (Å²) in [7, 11) is 0. The normalized spacial score (nSPS) is 10.8. The molecule has 0 saturated heterocycles. The highest BCUT2D eigenvalue weighted by molar-refractivity contribution is 5.76. The van der Waals surface area contributed by atoms with Gasteiger partial charge in [0.05, 0.1) is 0 Å². The van der Waals surface area contributed by atoms with E-state index in [0.29, 0.717) is 32.0 Å². The van der Waals surface area contributed by atoms with Gasteiger partial charge >= 0.3 is 0 Å². The van der Waals surface area contributed by atoms with Gasteiger partial charge in [0.1, 0.15) is 5.82 Å². The van der Waals surface area contributed by atoms with E-state index < -0.39 is 0 Å². The molecule has 0 aliphatic carbocycles. The van der Waals surface area contributed by atoms with Crippen molar-refractivity contribution in [1.82, 2.24) is 4.90 Å². The Balaban J connectivity index is 2.65. The Kier molecular flexibility index (Phi) is 7.23. The molecule has 2 N–H and O–H groups in total. The maximum absolute atomic E-state index is 12.9. The quantitative estimate of drug-likeness (QED) is 0.744. The zero-order valence-corrected chi connectivity index (χ0v) is 12.4. The lowest BCUT2D eigenvalue weighted by Crippen LogP contribution is -2.32. The van der Waals surface area contributed by atoms with Gasteiger partial charge in [-0.2, -0.15) is 0 Å². The Bertz CT molecular complexity index is 403. The molecule has 3 nitrogen and oxygen atoms in total. The molecule has 4 heteroatoms. The Hall–Kier alpha value is -1.42. The van der Waals surface area contributed by atoms with Gasteiger partial charge in [-0.05, 0) is 43.0 Å². The zero-order chi connectivity index (χ0) is 15.0. The molecule has 0 aliphatic heterocycles. The van der Waals surface area contributed by atoms with E-state index >= 15 is 0 Å². The molecule has 1 amide bonds. The van der Waals surface area contributed by atoms with Gasteiger partial charge in [-0.25, -0.2) is 4.39 Å². The minimum absolute atomic E-state index is 0.154. The van der Waals surface area contributed by atoms with E-state index in [0.717, 1.165) is 18.4 Å². The molecule has 0 aliphatic rings. The van der Waals surface area contributed by atoms with Crippen LogP contribution in [0.4, 0.5) is 4.39 Å². The number of nitrogens with two attached hydrogens (primary N) is 1. The van der Waals surface area contributed by atoms with Crippen molar-refractivity contribution >= 4 is 5.91 Å². The minimum Gasteiger partial charge on any atom is -0.338 e. The number of nitrogens with zero attached hydrogens (tertiary/aromatic N) is 1. The molecular weight excluding hydrogens is 255 g/mol. The van der Waals surface area contributed by atoms with E-state index in [-0.39, 0.29) is 11.7 Å². The van der Waals surface area contributed by atoms with Crippen molar-refractivity contribution < 1.29 is 9.18 Å². The van der Waals surface area contributed by atoms with E-state index in [1.54, 1.807) is 12.1 Å². The summed E-state index contributed by atoms with van der Waals surface area (Å²) >= 11 is 0. The van der Waals surface area contributed by atoms with Crippen molar-refractivity contribution in [2.45, 2.75) is 39.7 Å². The first-order valence-corrected chi connectivity index (χ1v) is 7.25. The molecule has 0 aromatic heterocycles. The molecule has 0 unspecified atom stereocenters. The Morgan fingerprint density at radius 2 is 1.90 bits per heavy atom. The summed E-state index contributed by atoms with van der Waals surface area (Å²) in [6, 6.07) is 6.32. The highest BCUT2D eigenvalue weighted by Gasteiger charge is 2.15. The van der Waals surface area contributed by atoms with Gasteiger partial charge < -0.3 is 10.6 Å². The van der Waals surface area contributed by atoms with Crippen molar-refractivity contribution in [2.24, 2.45) is 11.7 Å². The van der Waals surface area contributed by atoms with Crippen molar-refractivity contribution in [1.29, 1.82) is 0 Å². The van der Waals surface area contributed by atoms with Crippen molar-refractivity contribution in [2.75, 3.05) is 13.1 Å². The first kappa shape index (κ1) is 16.6. The van der Waals surface area contributed by atoms with E-state index in [2.05, 4.69) is 0 Å². The van der Waals surface area contributed by atoms with Gasteiger partial charge in [-0.15, -0.1) is 0 Å². The highest BCUT2D eigenvalue weighted by atomic mass is 19.1. The van der Waals surface area contributed by atoms with Crippen LogP contribution in [-0.4, -0.2) is 23.9 Å². The first-order chi connectivity index (χ1) is 9.52. The molecule has 0 atom stereocenters. The molecule has 112 valence electrons. The van der Waals surface area contributed by atoms with Crippen molar-refractivity contribution in [3.63, 3.8) is 0 Å². The van der Waals surface area contributed by atoms with Crippen LogP contribution in [-0.2, 0) is 11.3 Å². The van der Waals surface area contributed by atoms with Gasteiger partial charge in [0.25, 0.3) is 0 Å². The smallest absolute Gasteiger partial charge is 0.223 e. The third-order valence-corrected chi connectivity index (χ3v) is 3.10. The lowest BCUT2D eigenvalue weighted by Gasteiger charge is -2.24. The van der Waals surface area contributed by atoms with Gasteiger partial charge in [0.2, 0.25) is 5.91 Å². The number of benzene rings is 1. The summed E-state index contributed by atoms with van der Waals surface area (Å²) in [5, 5.41) is 0. The van der Waals surface area contributed by atoms with Crippen LogP contribution in [0.5, 0.6) is 0 Å². The van der Waals surface area contributed by atoms with Gasteiger partial charge in [-0.3, -0.25) is 4.79 Å². The summed E-state index contributed by atoms with van der Waals surface area (Å²) in [4.78, 5) is 14.1. The summed E-state index contributed by atoms with van der Waals surface area (Å²) in [5.41, 5.74) is 6.45. The fourth-order valence-corrected chi connectivity index (χ4v) is 2.03. The van der Waals surface area contributed by atoms with Crippen LogP contribution >= 0.6 is 0 Å². The van der Waals surface area contributed by atoms with Crippen molar-refractivity contribution in [3.8, 4) is 0 Å². The highest BCUT2D eigenvalue weighted by Crippen LogP contribution is 2.11. The van der Waals surface area contributed by atoms with Crippen LogP contribution in [0.3, 0.4) is 0 Å². The van der Waals surface area contributed by atoms with Gasteiger partial charge in [0.15, 0.2) is 0 Å². The number of rotatable bonds is 8. The molecule has 0 fully saturated rings. The van der Waals surface area contributed by atoms with E-state index in [9.17, 15) is 9.18 Å². The van der Waals surface area contributed by atoms with Crippen LogP contribution < -0.4 is 5.73 Å². The summed E-state index contributed by atoms with van der Waals surface area (Å²) in [5.74, 6) is 0.242. The second-order valence-electron chi connectivity index (χ2n) is 5.54. The molecule has 1 aromatic carbocycles. The van der Waals surface area contributed by atoms with Crippen LogP contribution in [0.2, 0.25) is 0 Å². The third-order valence-electron chi connectivity index (χ3n) is 3.10. The van der Waals surface area contributed by atoms with Gasteiger partial charge in [-0.1, -0.05) is 26.0 Å². The summed E-state index contributed by atoms with van der Waals surface area (Å²) in [6.07, 6.45) is 2.36. The fraction of sp³-hybridized carbons (Fsp3) is 0.562.